The summed E-state index contributed by atoms with van der Waals surface area (Å²) >= 11 is 6.07. The number of nitrogens with zero attached hydrogens (tertiary/aromatic N) is 3. The van der Waals surface area contributed by atoms with E-state index in [-0.39, 0.29) is 0 Å². The van der Waals surface area contributed by atoms with Gasteiger partial charge in [0.05, 0.1) is 16.9 Å². The van der Waals surface area contributed by atoms with Gasteiger partial charge in [-0.25, -0.2) is 15.0 Å². The number of hydrogen-bond donors (Lipinski definition) is 4. The van der Waals surface area contributed by atoms with Crippen LogP contribution in [0.25, 0.3) is 22.4 Å². The lowest BCUT2D eigenvalue weighted by Gasteiger charge is -2.24. The predicted octanol–water partition coefficient (Wildman–Crippen LogP) is 2.81. The Hall–Kier alpha value is -2.38. The minimum absolute atomic E-state index is 0.447. The summed E-state index contributed by atoms with van der Waals surface area (Å²) in [6, 6.07) is 2.30. The van der Waals surface area contributed by atoms with Crippen LogP contribution < -0.4 is 16.4 Å². The number of fused-ring (bicyclic) bond motifs is 1. The molecule has 25 heavy (non-hydrogen) atoms. The third-order valence-electron chi connectivity index (χ3n) is 4.48. The lowest BCUT2D eigenvalue weighted by atomic mass is 10.1. The van der Waals surface area contributed by atoms with Gasteiger partial charge in [0.25, 0.3) is 0 Å². The first kappa shape index (κ1) is 16.1. The van der Waals surface area contributed by atoms with Crippen molar-refractivity contribution in [1.29, 1.82) is 0 Å². The molecule has 8 heteroatoms. The molecule has 1 saturated heterocycles. The molecule has 0 amide bonds. The van der Waals surface area contributed by atoms with Crippen molar-refractivity contribution >= 4 is 34.1 Å². The van der Waals surface area contributed by atoms with Crippen LogP contribution in [0.5, 0.6) is 0 Å². The van der Waals surface area contributed by atoms with E-state index in [4.69, 9.17) is 17.3 Å². The number of hydrogen-bond acceptors (Lipinski definition) is 6. The molecule has 1 aliphatic rings. The first-order valence-electron chi connectivity index (χ1n) is 8.43. The fourth-order valence-corrected chi connectivity index (χ4v) is 3.30. The molecule has 4 heterocycles. The topological polar surface area (TPSA) is 105 Å². The van der Waals surface area contributed by atoms with Gasteiger partial charge in [-0.15, -0.1) is 0 Å². The summed E-state index contributed by atoms with van der Waals surface area (Å²) in [4.78, 5) is 16.4. The normalized spacial score (nSPS) is 17.7. The molecule has 3 aromatic heterocycles. The van der Waals surface area contributed by atoms with Crippen LogP contribution in [0.4, 0.5) is 11.5 Å². The summed E-state index contributed by atoms with van der Waals surface area (Å²) < 4.78 is 0. The van der Waals surface area contributed by atoms with Crippen LogP contribution in [0.15, 0.2) is 24.7 Å². The number of aromatic amines is 1. The highest BCUT2D eigenvalue weighted by atomic mass is 35.5. The Morgan fingerprint density at radius 1 is 1.28 bits per heavy atom. The highest BCUT2D eigenvalue weighted by Gasteiger charge is 2.15. The maximum absolute atomic E-state index is 6.07. The maximum atomic E-state index is 6.07. The van der Waals surface area contributed by atoms with E-state index in [9.17, 15) is 0 Å². The van der Waals surface area contributed by atoms with E-state index >= 15 is 0 Å². The fraction of sp³-hybridized carbons (Fsp3) is 0.353. The largest absolute Gasteiger partial charge is 0.394 e. The van der Waals surface area contributed by atoms with Gasteiger partial charge < -0.3 is 21.4 Å². The number of nitrogens with one attached hydrogen (secondary N) is 3. The molecule has 3 aromatic rings. The Bertz CT molecular complexity index is 886. The molecule has 4 rings (SSSR count). The first-order chi connectivity index (χ1) is 12.2. The average Bonchev–Trinajstić information content (AvgIpc) is 3.05. The minimum Gasteiger partial charge on any atom is -0.394 e. The van der Waals surface area contributed by atoms with Crippen LogP contribution in [0, 0.1) is 0 Å². The molecule has 7 nitrogen and oxygen atoms in total. The molecule has 0 radical (unpaired) electrons. The summed E-state index contributed by atoms with van der Waals surface area (Å²) in [6.07, 6.45) is 8.75. The van der Waals surface area contributed by atoms with Crippen LogP contribution in [0.2, 0.25) is 5.02 Å². The minimum atomic E-state index is 0.447. The number of piperidine rings is 1. The number of anilines is 2. The van der Waals surface area contributed by atoms with Gasteiger partial charge in [0, 0.05) is 35.9 Å². The van der Waals surface area contributed by atoms with Gasteiger partial charge in [-0.05, 0) is 25.5 Å². The van der Waals surface area contributed by atoms with Crippen molar-refractivity contribution in [2.75, 3.05) is 24.1 Å². The summed E-state index contributed by atoms with van der Waals surface area (Å²) in [5, 5.41) is 8.32. The number of nitrogens with two attached hydrogens (primary N) is 1. The Kier molecular flexibility index (Phi) is 4.42. The van der Waals surface area contributed by atoms with Crippen LogP contribution >= 0.6 is 11.6 Å². The lowest BCUT2D eigenvalue weighted by molar-refractivity contribution is 0.414. The van der Waals surface area contributed by atoms with Crippen molar-refractivity contribution in [3.63, 3.8) is 0 Å². The summed E-state index contributed by atoms with van der Waals surface area (Å²) in [5.41, 5.74) is 8.19. The molecule has 5 N–H and O–H groups in total. The highest BCUT2D eigenvalue weighted by molar-refractivity contribution is 6.31. The van der Waals surface area contributed by atoms with Crippen molar-refractivity contribution in [2.24, 2.45) is 0 Å². The van der Waals surface area contributed by atoms with Crippen molar-refractivity contribution in [3.8, 4) is 11.4 Å². The zero-order valence-electron chi connectivity index (χ0n) is 13.7. The molecule has 0 aliphatic carbocycles. The van der Waals surface area contributed by atoms with Crippen molar-refractivity contribution < 1.29 is 0 Å². The van der Waals surface area contributed by atoms with Crippen LogP contribution in [-0.4, -0.2) is 39.1 Å². The summed E-state index contributed by atoms with van der Waals surface area (Å²) in [5.74, 6) is 1.24. The second-order valence-corrected chi connectivity index (χ2v) is 6.71. The molecule has 1 atom stereocenters. The van der Waals surface area contributed by atoms with E-state index in [0.717, 1.165) is 36.1 Å². The Morgan fingerprint density at radius 2 is 2.20 bits per heavy atom. The van der Waals surface area contributed by atoms with Crippen LogP contribution in [0.3, 0.4) is 0 Å². The van der Waals surface area contributed by atoms with E-state index in [2.05, 4.69) is 30.6 Å². The first-order valence-corrected chi connectivity index (χ1v) is 8.81. The van der Waals surface area contributed by atoms with Crippen LogP contribution in [-0.2, 0) is 0 Å². The monoisotopic (exact) mass is 357 g/mol. The summed E-state index contributed by atoms with van der Waals surface area (Å²) in [6.45, 7) is 1.86. The Morgan fingerprint density at radius 3 is 3.04 bits per heavy atom. The van der Waals surface area contributed by atoms with Gasteiger partial charge in [0.15, 0.2) is 11.6 Å². The van der Waals surface area contributed by atoms with Crippen molar-refractivity contribution in [1.82, 2.24) is 25.3 Å². The smallest absolute Gasteiger partial charge is 0.163 e. The quantitative estimate of drug-likeness (QED) is 0.572. The second kappa shape index (κ2) is 6.85. The second-order valence-electron chi connectivity index (χ2n) is 6.28. The molecular formula is C17H20ClN7. The van der Waals surface area contributed by atoms with Crippen LogP contribution in [0.1, 0.15) is 19.3 Å². The third-order valence-corrected chi connectivity index (χ3v) is 4.69. The number of pyridine rings is 1. The fourth-order valence-electron chi connectivity index (χ4n) is 3.14. The molecule has 1 fully saturated rings. The SMILES string of the molecule is Nc1cnc(-c2c[nH]c3ncc(Cl)cc23)nc1NC[C@H]1CCCCN1. The van der Waals surface area contributed by atoms with Gasteiger partial charge in [-0.2, -0.15) is 0 Å². The van der Waals surface area contributed by atoms with Gasteiger partial charge in [0.2, 0.25) is 0 Å². The molecule has 130 valence electrons. The zero-order valence-corrected chi connectivity index (χ0v) is 14.5. The van der Waals surface area contributed by atoms with E-state index in [0.29, 0.717) is 28.4 Å². The number of aromatic nitrogens is 4. The third kappa shape index (κ3) is 3.38. The standard InChI is InChI=1S/C17H20ClN7/c18-10-5-12-13(8-23-15(12)21-6-10)16-24-9-14(19)17(25-16)22-7-11-3-1-2-4-20-11/h5-6,8-9,11,20H,1-4,7,19H2,(H,21,23)(H,22,24,25)/t11-/m1/s1. The predicted molar refractivity (Wildman–Crippen MR) is 101 cm³/mol. The average molecular weight is 358 g/mol. The number of H-pyrrole nitrogens is 1. The Balaban J connectivity index is 1.60. The van der Waals surface area contributed by atoms with Crippen molar-refractivity contribution in [3.05, 3.63) is 29.7 Å². The molecule has 0 spiro atoms. The van der Waals surface area contributed by atoms with E-state index in [1.165, 1.54) is 12.8 Å². The molecule has 0 aromatic carbocycles. The lowest BCUT2D eigenvalue weighted by Crippen LogP contribution is -2.39. The molecular weight excluding hydrogens is 338 g/mol. The molecule has 0 bridgehead atoms. The van der Waals surface area contributed by atoms with E-state index < -0.39 is 0 Å². The molecule has 1 aliphatic heterocycles. The Labute approximate surface area is 150 Å². The van der Waals surface area contributed by atoms with Gasteiger partial charge in [-0.3, -0.25) is 0 Å². The number of rotatable bonds is 4. The number of nitrogen functional groups attached to an aromatic ring is 1. The van der Waals surface area contributed by atoms with Gasteiger partial charge in [-0.1, -0.05) is 18.0 Å². The highest BCUT2D eigenvalue weighted by Crippen LogP contribution is 2.28. The van der Waals surface area contributed by atoms with E-state index in [1.807, 2.05) is 12.3 Å². The maximum Gasteiger partial charge on any atom is 0.163 e. The molecule has 0 unspecified atom stereocenters. The van der Waals surface area contributed by atoms with Crippen molar-refractivity contribution in [2.45, 2.75) is 25.3 Å². The van der Waals surface area contributed by atoms with Gasteiger partial charge >= 0.3 is 0 Å². The van der Waals surface area contributed by atoms with Gasteiger partial charge in [0.1, 0.15) is 5.65 Å². The molecule has 0 saturated carbocycles. The zero-order chi connectivity index (χ0) is 17.2. The summed E-state index contributed by atoms with van der Waals surface area (Å²) in [7, 11) is 0. The number of halogens is 1. The van der Waals surface area contributed by atoms with E-state index in [1.54, 1.807) is 12.4 Å².